The van der Waals surface area contributed by atoms with E-state index in [1.807, 2.05) is 27.2 Å². The van der Waals surface area contributed by atoms with Crippen molar-refractivity contribution in [2.75, 3.05) is 47.5 Å². The Labute approximate surface area is 358 Å². The Morgan fingerprint density at radius 2 is 1.24 bits per heavy atom. The lowest BCUT2D eigenvalue weighted by Gasteiger charge is -2.24. The van der Waals surface area contributed by atoms with Crippen molar-refractivity contribution < 1.29 is 56.7 Å². The zero-order valence-electron chi connectivity index (χ0n) is 38.2. The van der Waals surface area contributed by atoms with E-state index in [0.29, 0.717) is 36.7 Å². The normalized spacial score (nSPS) is 14.7. The summed E-state index contributed by atoms with van der Waals surface area (Å²) in [6.07, 6.45) is 22.6. The molecule has 4 atom stereocenters. The molecular weight excluding hydrogens is 773 g/mol. The highest BCUT2D eigenvalue weighted by molar-refractivity contribution is 7.47. The number of carbonyl (C=O) groups excluding carboxylic acids is 2. The van der Waals surface area contributed by atoms with Gasteiger partial charge in [0.25, 0.3) is 0 Å². The van der Waals surface area contributed by atoms with Gasteiger partial charge in [-0.15, -0.1) is 0 Å². The van der Waals surface area contributed by atoms with Gasteiger partial charge in [0.05, 0.1) is 40.0 Å². The number of aliphatic hydroxyl groups excluding tert-OH is 2. The number of aliphatic hydroxyl groups is 2. The van der Waals surface area contributed by atoms with Crippen LogP contribution in [-0.2, 0) is 45.5 Å². The highest BCUT2D eigenvalue weighted by Gasteiger charge is 2.27. The fourth-order valence-electron chi connectivity index (χ4n) is 6.63. The van der Waals surface area contributed by atoms with Crippen LogP contribution in [0.1, 0.15) is 178 Å². The number of nitrogens with zero attached hydrogens (tertiary/aromatic N) is 1. The Kier molecular flexibility index (Phi) is 30.4. The lowest BCUT2D eigenvalue weighted by molar-refractivity contribution is -0.870. The molecule has 0 saturated heterocycles. The molecule has 1 heterocycles. The van der Waals surface area contributed by atoms with Crippen LogP contribution in [0, 0.1) is 13.8 Å². The molecule has 0 saturated carbocycles. The molecule has 0 aliphatic rings. The maximum Gasteiger partial charge on any atom is 0.472 e. The van der Waals surface area contributed by atoms with Crippen molar-refractivity contribution in [1.29, 1.82) is 0 Å². The number of phosphoric ester groups is 1. The first-order valence-electron chi connectivity index (χ1n) is 22.9. The number of likely N-dealkylation sites (N-methyl/N-ethyl adjacent to an activating group) is 1. The van der Waals surface area contributed by atoms with Crippen LogP contribution in [0.15, 0.2) is 16.6 Å². The number of unbranched alkanes of at least 4 members (excludes halogenated alkanes) is 14. The number of hydrogen-bond acceptors (Lipinski definition) is 10. The van der Waals surface area contributed by atoms with Crippen LogP contribution in [0.2, 0.25) is 0 Å². The number of allylic oxidation sites excluding steroid dienone is 1. The molecule has 344 valence electrons. The van der Waals surface area contributed by atoms with Crippen LogP contribution in [0.25, 0.3) is 0 Å². The highest BCUT2D eigenvalue weighted by Crippen LogP contribution is 2.43. The summed E-state index contributed by atoms with van der Waals surface area (Å²) in [5, 5.41) is 20.5. The molecule has 13 heteroatoms. The van der Waals surface area contributed by atoms with E-state index in [1.54, 1.807) is 0 Å². The van der Waals surface area contributed by atoms with Gasteiger partial charge in [0.2, 0.25) is 0 Å². The third-order valence-electron chi connectivity index (χ3n) is 10.7. The van der Waals surface area contributed by atoms with E-state index in [-0.39, 0.29) is 26.1 Å². The van der Waals surface area contributed by atoms with Crippen LogP contribution >= 0.6 is 7.82 Å². The van der Waals surface area contributed by atoms with Gasteiger partial charge in [0.15, 0.2) is 6.10 Å². The molecule has 1 unspecified atom stereocenters. The summed E-state index contributed by atoms with van der Waals surface area (Å²) in [6.45, 7) is 8.42. The number of quaternary nitrogens is 1. The lowest BCUT2D eigenvalue weighted by Crippen LogP contribution is -2.37. The lowest BCUT2D eigenvalue weighted by atomic mass is 10.0. The Morgan fingerprint density at radius 1 is 0.695 bits per heavy atom. The molecule has 0 aliphatic carbocycles. The zero-order valence-corrected chi connectivity index (χ0v) is 39.1. The van der Waals surface area contributed by atoms with Gasteiger partial charge in [-0.1, -0.05) is 103 Å². The highest BCUT2D eigenvalue weighted by atomic mass is 31.2. The van der Waals surface area contributed by atoms with Gasteiger partial charge in [-0.3, -0.25) is 18.6 Å². The summed E-state index contributed by atoms with van der Waals surface area (Å²) in [7, 11) is 1.36. The largest absolute Gasteiger partial charge is 0.472 e. The third-order valence-corrected chi connectivity index (χ3v) is 11.7. The van der Waals surface area contributed by atoms with E-state index in [1.165, 1.54) is 36.8 Å². The number of esters is 2. The minimum Gasteiger partial charge on any atom is -0.466 e. The molecule has 0 aromatic carbocycles. The first kappa shape index (κ1) is 55.0. The van der Waals surface area contributed by atoms with Crippen molar-refractivity contribution in [3.8, 4) is 0 Å². The summed E-state index contributed by atoms with van der Waals surface area (Å²) >= 11 is 0. The van der Waals surface area contributed by atoms with Crippen molar-refractivity contribution in [3.63, 3.8) is 0 Å². The number of hydrogen-bond donors (Lipinski definition) is 3. The molecule has 3 N–H and O–H groups in total. The average molecular weight is 859 g/mol. The Bertz CT molecular complexity index is 1320. The molecule has 0 aliphatic heterocycles. The molecule has 59 heavy (non-hydrogen) atoms. The van der Waals surface area contributed by atoms with E-state index in [0.717, 1.165) is 101 Å². The molecule has 0 bridgehead atoms. The molecule has 1 rings (SSSR count). The third kappa shape index (κ3) is 29.0. The molecule has 1 aromatic heterocycles. The van der Waals surface area contributed by atoms with Gasteiger partial charge in [0.1, 0.15) is 31.3 Å². The van der Waals surface area contributed by atoms with Gasteiger partial charge in [-0.2, -0.15) is 0 Å². The van der Waals surface area contributed by atoms with Gasteiger partial charge in [-0.05, 0) is 76.3 Å². The molecular formula is C46H85NO11P+. The molecule has 1 aromatic rings. The quantitative estimate of drug-likeness (QED) is 0.0191. The molecule has 0 radical (unpaired) electrons. The predicted octanol–water partition coefficient (Wildman–Crippen LogP) is 10.2. The maximum absolute atomic E-state index is 12.8. The van der Waals surface area contributed by atoms with E-state index >= 15 is 0 Å². The van der Waals surface area contributed by atoms with Crippen LogP contribution in [0.5, 0.6) is 0 Å². The average Bonchev–Trinajstić information content (AvgIpc) is 3.44. The smallest absolute Gasteiger partial charge is 0.466 e. The Morgan fingerprint density at radius 3 is 1.85 bits per heavy atom. The van der Waals surface area contributed by atoms with Crippen LogP contribution in [0.3, 0.4) is 0 Å². The van der Waals surface area contributed by atoms with Crippen molar-refractivity contribution >= 4 is 19.8 Å². The van der Waals surface area contributed by atoms with Crippen molar-refractivity contribution in [2.24, 2.45) is 0 Å². The number of phosphoric acid groups is 1. The second-order valence-electron chi connectivity index (χ2n) is 17.3. The second-order valence-corrected chi connectivity index (χ2v) is 18.8. The van der Waals surface area contributed by atoms with E-state index in [4.69, 9.17) is 22.9 Å². The number of carbonyl (C=O) groups is 2. The minimum atomic E-state index is -4.43. The summed E-state index contributed by atoms with van der Waals surface area (Å²) in [5.41, 5.74) is 2.58. The first-order chi connectivity index (χ1) is 28.1. The van der Waals surface area contributed by atoms with E-state index in [9.17, 15) is 29.3 Å². The fourth-order valence-corrected chi connectivity index (χ4v) is 7.37. The number of aryl methyl sites for hydroxylation is 2. The minimum absolute atomic E-state index is 0.00167. The standard InChI is InChI=1S/C46H84NO11P/c1-8-10-12-13-17-23-28-41(48)42(49)29-24-18-16-21-26-32-45(50)54-36-40(37-56-59(52,53)55-35-34-47(5,6)7)57-46(51)33-27-20-15-14-19-25-31-44-39(4)38(3)43(58-44)30-22-11-9-2/h17,23,40-42,48-49H,8-16,18-22,24-37H2,1-7H3/p+1/b23-17-/t40-,41-,42-/m1/s1. The Hall–Kier alpha value is -2.05. The van der Waals surface area contributed by atoms with Crippen molar-refractivity contribution in [2.45, 2.75) is 200 Å². The van der Waals surface area contributed by atoms with Gasteiger partial charge in [-0.25, -0.2) is 4.57 Å². The van der Waals surface area contributed by atoms with Crippen LogP contribution in [0.4, 0.5) is 0 Å². The number of furan rings is 1. The SMILES string of the molecule is CCCCC/C=C\C[C@@H](O)[C@H](O)CCCCCCCC(=O)OC[C@H](COP(=O)(O)OCC[N+](C)(C)C)OC(=O)CCCCCCCCc1oc(CCCCC)c(C)c1C. The zero-order chi connectivity index (χ0) is 43.9. The van der Waals surface area contributed by atoms with Crippen LogP contribution < -0.4 is 0 Å². The van der Waals surface area contributed by atoms with Gasteiger partial charge in [0, 0.05) is 25.7 Å². The monoisotopic (exact) mass is 859 g/mol. The number of ether oxygens (including phenoxy) is 2. The first-order valence-corrected chi connectivity index (χ1v) is 24.4. The number of rotatable bonds is 38. The van der Waals surface area contributed by atoms with E-state index in [2.05, 4.69) is 33.8 Å². The predicted molar refractivity (Wildman–Crippen MR) is 235 cm³/mol. The van der Waals surface area contributed by atoms with Crippen LogP contribution in [-0.4, -0.2) is 97.3 Å². The topological polar surface area (TPSA) is 162 Å². The summed E-state index contributed by atoms with van der Waals surface area (Å²) in [4.78, 5) is 35.6. The second kappa shape index (κ2) is 32.6. The molecule has 12 nitrogen and oxygen atoms in total. The molecule has 0 amide bonds. The van der Waals surface area contributed by atoms with Gasteiger partial charge < -0.3 is 33.5 Å². The van der Waals surface area contributed by atoms with Crippen molar-refractivity contribution in [3.05, 3.63) is 34.8 Å². The maximum atomic E-state index is 12.8. The Balaban J connectivity index is 2.42. The fraction of sp³-hybridized carbons (Fsp3) is 0.826. The summed E-state index contributed by atoms with van der Waals surface area (Å²) in [5.74, 6) is 1.31. The van der Waals surface area contributed by atoms with Gasteiger partial charge >= 0.3 is 19.8 Å². The summed E-state index contributed by atoms with van der Waals surface area (Å²) in [6, 6.07) is 0. The molecule has 0 spiro atoms. The van der Waals surface area contributed by atoms with Crippen molar-refractivity contribution in [1.82, 2.24) is 0 Å². The molecule has 0 fully saturated rings. The summed E-state index contributed by atoms with van der Waals surface area (Å²) < 4.78 is 40.5. The van der Waals surface area contributed by atoms with E-state index < -0.39 is 44.7 Å².